The van der Waals surface area contributed by atoms with Gasteiger partial charge in [0.05, 0.1) is 9.83 Å². The van der Waals surface area contributed by atoms with E-state index in [9.17, 15) is 19.7 Å². The van der Waals surface area contributed by atoms with Gasteiger partial charge in [0.1, 0.15) is 11.5 Å². The molecule has 2 amide bonds. The summed E-state index contributed by atoms with van der Waals surface area (Å²) >= 11 is 0.876. The summed E-state index contributed by atoms with van der Waals surface area (Å²) < 4.78 is 10.3. The number of amidine groups is 1. The molecule has 1 saturated heterocycles. The molecule has 156 valence electrons. The molecule has 4 rings (SSSR count). The molecule has 12 nitrogen and oxygen atoms in total. The van der Waals surface area contributed by atoms with E-state index in [1.54, 1.807) is 24.3 Å². The second kappa shape index (κ2) is 7.87. The average Bonchev–Trinajstić information content (AvgIpc) is 3.43. The van der Waals surface area contributed by atoms with Gasteiger partial charge in [-0.1, -0.05) is 0 Å². The third kappa shape index (κ3) is 3.93. The molecule has 1 aliphatic rings. The topological polar surface area (TPSA) is 168 Å². The summed E-state index contributed by atoms with van der Waals surface area (Å²) in [5, 5.41) is 28.2. The summed E-state index contributed by atoms with van der Waals surface area (Å²) in [6.45, 7) is 1.26. The molecule has 1 fully saturated rings. The van der Waals surface area contributed by atoms with E-state index in [0.29, 0.717) is 17.1 Å². The van der Waals surface area contributed by atoms with Crippen molar-refractivity contribution in [2.45, 2.75) is 6.92 Å². The fourth-order valence-electron chi connectivity index (χ4n) is 2.72. The molecule has 1 aliphatic heterocycles. The molecule has 2 aromatic heterocycles. The quantitative estimate of drug-likeness (QED) is 0.343. The normalized spacial score (nSPS) is 15.0. The predicted molar refractivity (Wildman–Crippen MR) is 110 cm³/mol. The Morgan fingerprint density at radius 3 is 2.68 bits per heavy atom. The lowest BCUT2D eigenvalue weighted by molar-refractivity contribution is -0.384. The zero-order chi connectivity index (χ0) is 22.1. The zero-order valence-electron chi connectivity index (χ0n) is 15.7. The summed E-state index contributed by atoms with van der Waals surface area (Å²) in [7, 11) is 0. The van der Waals surface area contributed by atoms with Crippen molar-refractivity contribution in [2.24, 2.45) is 0 Å². The number of amides is 2. The molecule has 0 spiro atoms. The highest BCUT2D eigenvalue weighted by Gasteiger charge is 2.38. The number of nitro benzene ring substituents is 1. The molecule has 0 unspecified atom stereocenters. The second-order valence-electron chi connectivity index (χ2n) is 6.18. The number of thioether (sulfide) groups is 1. The van der Waals surface area contributed by atoms with Crippen LogP contribution in [0.25, 0.3) is 17.4 Å². The molecule has 0 atom stereocenters. The monoisotopic (exact) mass is 440 g/mol. The number of nitrogens with one attached hydrogen (secondary N) is 2. The van der Waals surface area contributed by atoms with E-state index >= 15 is 0 Å². The van der Waals surface area contributed by atoms with Crippen LogP contribution in [0.1, 0.15) is 12.7 Å². The van der Waals surface area contributed by atoms with Crippen LogP contribution in [0.15, 0.2) is 50.3 Å². The van der Waals surface area contributed by atoms with Crippen LogP contribution in [-0.2, 0) is 9.59 Å². The Bertz CT molecular complexity index is 1240. The molecule has 0 saturated carbocycles. The van der Waals surface area contributed by atoms with Gasteiger partial charge in [0.25, 0.3) is 11.6 Å². The van der Waals surface area contributed by atoms with Gasteiger partial charge in [-0.2, -0.15) is 0 Å². The Balaban J connectivity index is 1.57. The van der Waals surface area contributed by atoms with Crippen molar-refractivity contribution in [1.82, 2.24) is 10.3 Å². The van der Waals surface area contributed by atoms with Gasteiger partial charge < -0.3 is 9.73 Å². The molecule has 0 aliphatic carbocycles. The van der Waals surface area contributed by atoms with Gasteiger partial charge in [-0.15, -0.1) is 0 Å². The molecule has 0 radical (unpaired) electrons. The van der Waals surface area contributed by atoms with Gasteiger partial charge >= 0.3 is 0 Å². The third-order valence-corrected chi connectivity index (χ3v) is 4.95. The lowest BCUT2D eigenvalue weighted by atomic mass is 10.1. The van der Waals surface area contributed by atoms with E-state index < -0.39 is 16.7 Å². The van der Waals surface area contributed by atoms with Gasteiger partial charge in [0.2, 0.25) is 17.5 Å². The summed E-state index contributed by atoms with van der Waals surface area (Å²) in [5.41, 5.74) is 0.592. The minimum atomic E-state index is -0.564. The summed E-state index contributed by atoms with van der Waals surface area (Å²) in [6, 6.07) is 9.14. The van der Waals surface area contributed by atoms with Crippen molar-refractivity contribution >= 4 is 52.1 Å². The van der Waals surface area contributed by atoms with Crippen LogP contribution in [0.5, 0.6) is 0 Å². The lowest BCUT2D eigenvalue weighted by Crippen LogP contribution is -2.29. The fourth-order valence-corrected chi connectivity index (χ4v) is 3.54. The van der Waals surface area contributed by atoms with Crippen molar-refractivity contribution < 1.29 is 23.6 Å². The van der Waals surface area contributed by atoms with Crippen LogP contribution in [0.2, 0.25) is 0 Å². The molecular formula is C18H12N6O6S. The summed E-state index contributed by atoms with van der Waals surface area (Å²) in [5.74, 6) is -0.381. The van der Waals surface area contributed by atoms with E-state index in [1.807, 2.05) is 0 Å². The van der Waals surface area contributed by atoms with Gasteiger partial charge in [-0.25, -0.2) is 9.53 Å². The zero-order valence-corrected chi connectivity index (χ0v) is 16.5. The van der Waals surface area contributed by atoms with Crippen molar-refractivity contribution in [3.8, 4) is 11.3 Å². The van der Waals surface area contributed by atoms with E-state index in [0.717, 1.165) is 16.7 Å². The number of rotatable bonds is 5. The number of aromatic nitrogens is 2. The van der Waals surface area contributed by atoms with Crippen molar-refractivity contribution in [3.63, 3.8) is 0 Å². The molecule has 31 heavy (non-hydrogen) atoms. The van der Waals surface area contributed by atoms with Crippen LogP contribution in [0.3, 0.4) is 0 Å². The first-order valence-electron chi connectivity index (χ1n) is 8.61. The maximum atomic E-state index is 12.8. The molecule has 1 aromatic carbocycles. The number of non-ortho nitro benzene ring substituents is 1. The predicted octanol–water partition coefficient (Wildman–Crippen LogP) is 3.25. The molecule has 3 aromatic rings. The minimum absolute atomic E-state index is 0.0369. The molecule has 3 heterocycles. The Labute approximate surface area is 177 Å². The van der Waals surface area contributed by atoms with Crippen LogP contribution in [-0.4, -0.2) is 32.2 Å². The number of nitrogens with zero attached hydrogens (tertiary/aromatic N) is 4. The largest absolute Gasteiger partial charge is 0.457 e. The van der Waals surface area contributed by atoms with Gasteiger partial charge in [0.15, 0.2) is 5.17 Å². The maximum Gasteiger partial charge on any atom is 0.272 e. The standard InChI is InChI=1S/C18H12N6O6S/c1-9(25)20-15-16(22-30-21-15)23-17(26)14(31-18(23)19)8-12-6-7-13(29-12)10-2-4-11(5-3-10)24(27)28/h2-8,19H,1H3,(H,20,21,25). The number of hydrogen-bond donors (Lipinski definition) is 2. The SMILES string of the molecule is CC(=O)Nc1nonc1N1C(=N)SC(=Cc2ccc(-c3ccc([N+](=O)[O-])cc3)o2)C1=O. The first kappa shape index (κ1) is 20.0. The van der Waals surface area contributed by atoms with E-state index in [2.05, 4.69) is 20.3 Å². The van der Waals surface area contributed by atoms with E-state index in [4.69, 9.17) is 9.83 Å². The van der Waals surface area contributed by atoms with Crippen molar-refractivity contribution in [1.29, 1.82) is 5.41 Å². The highest BCUT2D eigenvalue weighted by atomic mass is 32.2. The molecule has 2 N–H and O–H groups in total. The Kier molecular flexibility index (Phi) is 5.09. The minimum Gasteiger partial charge on any atom is -0.457 e. The molecule has 0 bridgehead atoms. The number of hydrogen-bond acceptors (Lipinski definition) is 10. The number of nitro groups is 1. The lowest BCUT2D eigenvalue weighted by Gasteiger charge is -2.10. The van der Waals surface area contributed by atoms with E-state index in [1.165, 1.54) is 25.1 Å². The van der Waals surface area contributed by atoms with Gasteiger partial charge in [-0.05, 0) is 46.3 Å². The van der Waals surface area contributed by atoms with Crippen LogP contribution in [0, 0.1) is 15.5 Å². The van der Waals surface area contributed by atoms with Crippen LogP contribution >= 0.6 is 11.8 Å². The highest BCUT2D eigenvalue weighted by molar-refractivity contribution is 8.19. The third-order valence-electron chi connectivity index (χ3n) is 4.06. The Morgan fingerprint density at radius 1 is 1.26 bits per heavy atom. The maximum absolute atomic E-state index is 12.8. The first-order valence-corrected chi connectivity index (χ1v) is 9.42. The number of carbonyl (C=O) groups excluding carboxylic acids is 2. The number of carbonyl (C=O) groups is 2. The average molecular weight is 440 g/mol. The van der Waals surface area contributed by atoms with Crippen molar-refractivity contribution in [2.75, 3.05) is 10.2 Å². The molecule has 13 heteroatoms. The smallest absolute Gasteiger partial charge is 0.272 e. The highest BCUT2D eigenvalue weighted by Crippen LogP contribution is 2.37. The van der Waals surface area contributed by atoms with Gasteiger partial charge in [-0.3, -0.25) is 25.1 Å². The Hall–Kier alpha value is -4.26. The van der Waals surface area contributed by atoms with Crippen LogP contribution < -0.4 is 10.2 Å². The summed E-state index contributed by atoms with van der Waals surface area (Å²) in [6.07, 6.45) is 1.46. The number of furan rings is 1. The number of benzene rings is 1. The van der Waals surface area contributed by atoms with E-state index in [-0.39, 0.29) is 27.4 Å². The van der Waals surface area contributed by atoms with Gasteiger partial charge in [0, 0.05) is 30.7 Å². The Morgan fingerprint density at radius 2 is 2.00 bits per heavy atom. The van der Waals surface area contributed by atoms with Crippen LogP contribution in [0.4, 0.5) is 17.3 Å². The molecular weight excluding hydrogens is 428 g/mol. The van der Waals surface area contributed by atoms with Crippen molar-refractivity contribution in [3.05, 3.63) is 57.2 Å². The first-order chi connectivity index (χ1) is 14.8. The number of anilines is 2. The second-order valence-corrected chi connectivity index (χ2v) is 7.21. The fraction of sp³-hybridized carbons (Fsp3) is 0.0556. The summed E-state index contributed by atoms with van der Waals surface area (Å²) in [4.78, 5) is 35.5.